The van der Waals surface area contributed by atoms with Crippen molar-refractivity contribution in [3.63, 3.8) is 0 Å². The van der Waals surface area contributed by atoms with Crippen LogP contribution in [-0.2, 0) is 4.74 Å². The molecule has 3 rings (SSSR count). The van der Waals surface area contributed by atoms with Crippen LogP contribution in [-0.4, -0.2) is 71.0 Å². The van der Waals surface area contributed by atoms with Crippen LogP contribution in [0.4, 0.5) is 4.79 Å². The number of hydrogen-bond donors (Lipinski definition) is 2. The maximum atomic E-state index is 12.7. The van der Waals surface area contributed by atoms with Crippen LogP contribution in [0.2, 0.25) is 0 Å². The topological polar surface area (TPSA) is 73.5 Å². The van der Waals surface area contributed by atoms with Crippen LogP contribution >= 0.6 is 0 Å². The number of amides is 2. The van der Waals surface area contributed by atoms with Crippen molar-refractivity contribution in [2.45, 2.75) is 51.2 Å². The molecule has 0 aliphatic carbocycles. The summed E-state index contributed by atoms with van der Waals surface area (Å²) >= 11 is 0. The third-order valence-electron chi connectivity index (χ3n) is 5.20. The minimum atomic E-state index is 0.0358. The second kappa shape index (κ2) is 7.98. The van der Waals surface area contributed by atoms with Crippen molar-refractivity contribution in [2.24, 2.45) is 0 Å². The molecule has 2 N–H and O–H groups in total. The Morgan fingerprint density at radius 2 is 2.38 bits per heavy atom. The normalized spacial score (nSPS) is 27.0. The second-order valence-electron chi connectivity index (χ2n) is 6.93. The van der Waals surface area contributed by atoms with E-state index >= 15 is 0 Å². The van der Waals surface area contributed by atoms with E-state index in [1.54, 1.807) is 0 Å². The average molecular weight is 335 g/mol. The number of H-pyrrole nitrogens is 1. The van der Waals surface area contributed by atoms with Gasteiger partial charge in [0.15, 0.2) is 0 Å². The molecular weight excluding hydrogens is 306 g/mol. The van der Waals surface area contributed by atoms with Gasteiger partial charge in [0.05, 0.1) is 25.5 Å². The third-order valence-corrected chi connectivity index (χ3v) is 5.20. The van der Waals surface area contributed by atoms with E-state index in [4.69, 9.17) is 4.74 Å². The summed E-state index contributed by atoms with van der Waals surface area (Å²) in [5, 5.41) is 10.0. The minimum absolute atomic E-state index is 0.0358. The molecule has 0 unspecified atom stereocenters. The van der Waals surface area contributed by atoms with E-state index in [0.717, 1.165) is 51.1 Å². The van der Waals surface area contributed by atoms with Crippen LogP contribution in [0.3, 0.4) is 0 Å². The van der Waals surface area contributed by atoms with Crippen molar-refractivity contribution >= 4 is 6.03 Å². The molecule has 1 aromatic heterocycles. The molecule has 7 heteroatoms. The molecule has 2 saturated heterocycles. The Hall–Kier alpha value is -1.60. The first-order chi connectivity index (χ1) is 11.7. The molecule has 3 atom stereocenters. The molecule has 2 amide bonds. The van der Waals surface area contributed by atoms with Crippen LogP contribution in [0.1, 0.15) is 44.7 Å². The number of aromatic nitrogens is 2. The standard InChI is InChI=1S/C17H29N5O2/c1-13(21-7-8-24-12-14(21)2)9-18-17(23)22-6-4-3-5-16(22)15-10-19-20-11-15/h10-11,13-14,16H,3-9,12H2,1-2H3,(H,18,23)(H,19,20)/t13-,14+,16-/m1/s1. The molecule has 2 aliphatic heterocycles. The minimum Gasteiger partial charge on any atom is -0.379 e. The highest BCUT2D eigenvalue weighted by Gasteiger charge is 2.29. The number of carbonyl (C=O) groups excluding carboxylic acids is 1. The van der Waals surface area contributed by atoms with Crippen LogP contribution in [0.25, 0.3) is 0 Å². The van der Waals surface area contributed by atoms with Gasteiger partial charge in [0.25, 0.3) is 0 Å². The average Bonchev–Trinajstić information content (AvgIpc) is 3.14. The number of hydrogen-bond acceptors (Lipinski definition) is 4. The molecule has 0 saturated carbocycles. The number of morpholine rings is 1. The molecule has 24 heavy (non-hydrogen) atoms. The van der Waals surface area contributed by atoms with Crippen LogP contribution in [0, 0.1) is 0 Å². The fourth-order valence-corrected chi connectivity index (χ4v) is 3.81. The van der Waals surface area contributed by atoms with Gasteiger partial charge in [-0.3, -0.25) is 10.00 Å². The highest BCUT2D eigenvalue weighted by molar-refractivity contribution is 5.74. The number of piperidine rings is 1. The molecule has 1 aromatic rings. The maximum absolute atomic E-state index is 12.7. The van der Waals surface area contributed by atoms with Crippen molar-refractivity contribution < 1.29 is 9.53 Å². The van der Waals surface area contributed by atoms with Gasteiger partial charge < -0.3 is 15.0 Å². The van der Waals surface area contributed by atoms with Gasteiger partial charge in [-0.1, -0.05) is 0 Å². The first kappa shape index (κ1) is 17.2. The van der Waals surface area contributed by atoms with Crippen LogP contribution in [0.5, 0.6) is 0 Å². The Morgan fingerprint density at radius 1 is 1.50 bits per heavy atom. The zero-order valence-electron chi connectivity index (χ0n) is 14.7. The van der Waals surface area contributed by atoms with E-state index in [2.05, 4.69) is 34.3 Å². The number of nitrogens with zero attached hydrogens (tertiary/aromatic N) is 3. The van der Waals surface area contributed by atoms with Gasteiger partial charge in [0.1, 0.15) is 0 Å². The van der Waals surface area contributed by atoms with Crippen molar-refractivity contribution in [2.75, 3.05) is 32.8 Å². The van der Waals surface area contributed by atoms with E-state index in [9.17, 15) is 4.79 Å². The van der Waals surface area contributed by atoms with E-state index in [-0.39, 0.29) is 12.1 Å². The zero-order valence-corrected chi connectivity index (χ0v) is 14.7. The van der Waals surface area contributed by atoms with E-state index in [0.29, 0.717) is 18.6 Å². The highest BCUT2D eigenvalue weighted by Crippen LogP contribution is 2.30. The quantitative estimate of drug-likeness (QED) is 0.879. The molecule has 0 aromatic carbocycles. The van der Waals surface area contributed by atoms with E-state index < -0.39 is 0 Å². The largest absolute Gasteiger partial charge is 0.379 e. The summed E-state index contributed by atoms with van der Waals surface area (Å²) in [5.41, 5.74) is 1.10. The summed E-state index contributed by atoms with van der Waals surface area (Å²) < 4.78 is 5.49. The summed E-state index contributed by atoms with van der Waals surface area (Å²) in [6, 6.07) is 0.883. The molecule has 2 aliphatic rings. The zero-order chi connectivity index (χ0) is 16.9. The number of nitrogens with one attached hydrogen (secondary N) is 2. The van der Waals surface area contributed by atoms with Gasteiger partial charge in [0.2, 0.25) is 0 Å². The molecule has 7 nitrogen and oxygen atoms in total. The van der Waals surface area contributed by atoms with E-state index in [1.807, 2.05) is 17.3 Å². The summed E-state index contributed by atoms with van der Waals surface area (Å²) in [7, 11) is 0. The fraction of sp³-hybridized carbons (Fsp3) is 0.765. The summed E-state index contributed by atoms with van der Waals surface area (Å²) in [4.78, 5) is 17.1. The Morgan fingerprint density at radius 3 is 3.12 bits per heavy atom. The van der Waals surface area contributed by atoms with Crippen molar-refractivity contribution in [1.82, 2.24) is 25.3 Å². The van der Waals surface area contributed by atoms with Gasteiger partial charge in [-0.25, -0.2) is 4.79 Å². The first-order valence-corrected chi connectivity index (χ1v) is 9.03. The molecule has 3 heterocycles. The predicted molar refractivity (Wildman–Crippen MR) is 91.7 cm³/mol. The number of carbonyl (C=O) groups is 1. The van der Waals surface area contributed by atoms with Crippen molar-refractivity contribution in [3.8, 4) is 0 Å². The SMILES string of the molecule is C[C@H](CNC(=O)N1CCCC[C@@H]1c1cn[nH]c1)N1CCOC[C@@H]1C. The van der Waals surface area contributed by atoms with Gasteiger partial charge >= 0.3 is 6.03 Å². The first-order valence-electron chi connectivity index (χ1n) is 9.03. The van der Waals surface area contributed by atoms with Gasteiger partial charge in [0, 0.05) is 43.5 Å². The van der Waals surface area contributed by atoms with Crippen LogP contribution in [0.15, 0.2) is 12.4 Å². The number of aromatic amines is 1. The lowest BCUT2D eigenvalue weighted by molar-refractivity contribution is -0.0179. The monoisotopic (exact) mass is 335 g/mol. The van der Waals surface area contributed by atoms with E-state index in [1.165, 1.54) is 0 Å². The summed E-state index contributed by atoms with van der Waals surface area (Å²) in [6.07, 6.45) is 6.95. The Labute approximate surface area is 143 Å². The molecule has 134 valence electrons. The van der Waals surface area contributed by atoms with Crippen molar-refractivity contribution in [3.05, 3.63) is 18.0 Å². The smallest absolute Gasteiger partial charge is 0.317 e. The van der Waals surface area contributed by atoms with Gasteiger partial charge in [-0.15, -0.1) is 0 Å². The summed E-state index contributed by atoms with van der Waals surface area (Å²) in [6.45, 7) is 8.30. The molecule has 0 bridgehead atoms. The fourth-order valence-electron chi connectivity index (χ4n) is 3.81. The molecular formula is C17H29N5O2. The predicted octanol–water partition coefficient (Wildman–Crippen LogP) is 1.76. The Kier molecular flexibility index (Phi) is 5.73. The molecule has 2 fully saturated rings. The number of urea groups is 1. The maximum Gasteiger partial charge on any atom is 0.317 e. The number of rotatable bonds is 4. The molecule has 0 spiro atoms. The lowest BCUT2D eigenvalue weighted by Gasteiger charge is -2.39. The third kappa shape index (κ3) is 3.89. The number of ether oxygens (including phenoxy) is 1. The van der Waals surface area contributed by atoms with Crippen molar-refractivity contribution in [1.29, 1.82) is 0 Å². The van der Waals surface area contributed by atoms with Gasteiger partial charge in [-0.05, 0) is 33.1 Å². The lowest BCUT2D eigenvalue weighted by Crippen LogP contribution is -2.53. The Bertz CT molecular complexity index is 521. The van der Waals surface area contributed by atoms with Gasteiger partial charge in [-0.2, -0.15) is 5.10 Å². The highest BCUT2D eigenvalue weighted by atomic mass is 16.5. The second-order valence-corrected chi connectivity index (χ2v) is 6.93. The number of likely N-dealkylation sites (tertiary alicyclic amines) is 1. The summed E-state index contributed by atoms with van der Waals surface area (Å²) in [5.74, 6) is 0. The molecule has 0 radical (unpaired) electrons. The Balaban J connectivity index is 1.55. The van der Waals surface area contributed by atoms with Crippen LogP contribution < -0.4 is 5.32 Å². The lowest BCUT2D eigenvalue weighted by atomic mass is 9.98.